The van der Waals surface area contributed by atoms with Crippen molar-refractivity contribution in [3.63, 3.8) is 0 Å². The number of benzene rings is 3. The van der Waals surface area contributed by atoms with Crippen molar-refractivity contribution in [3.05, 3.63) is 96.1 Å². The third-order valence-corrected chi connectivity index (χ3v) is 9.95. The SMILES string of the molecule is O=C(c1ccccc1C(=O)N1CCC2(CC1)C(=O)NCN2c1ccccc1)N1CCC2(CC1)C(=O)NCN2c1ccccc1. The van der Waals surface area contributed by atoms with Gasteiger partial charge in [-0.25, -0.2) is 0 Å². The maximum Gasteiger partial charge on any atom is 0.254 e. The Morgan fingerprint density at radius 2 is 0.864 bits per heavy atom. The van der Waals surface area contributed by atoms with Crippen molar-refractivity contribution in [3.8, 4) is 0 Å². The Kier molecular flexibility index (Phi) is 6.99. The van der Waals surface area contributed by atoms with E-state index in [0.29, 0.717) is 76.3 Å². The fourth-order valence-electron chi connectivity index (χ4n) is 7.42. The average Bonchev–Trinajstić information content (AvgIpc) is 3.56. The lowest BCUT2D eigenvalue weighted by molar-refractivity contribution is -0.125. The van der Waals surface area contributed by atoms with Crippen molar-refractivity contribution < 1.29 is 19.2 Å². The molecule has 0 saturated carbocycles. The van der Waals surface area contributed by atoms with Crippen LogP contribution in [0.1, 0.15) is 46.4 Å². The van der Waals surface area contributed by atoms with Gasteiger partial charge in [0.2, 0.25) is 11.8 Å². The number of piperidine rings is 2. The molecule has 226 valence electrons. The number of likely N-dealkylation sites (tertiary alicyclic amines) is 2. The molecule has 10 nitrogen and oxygen atoms in total. The molecule has 0 aromatic heterocycles. The fourth-order valence-corrected chi connectivity index (χ4v) is 7.42. The molecule has 0 radical (unpaired) electrons. The summed E-state index contributed by atoms with van der Waals surface area (Å²) in [6, 6.07) is 26.7. The summed E-state index contributed by atoms with van der Waals surface area (Å²) >= 11 is 0. The van der Waals surface area contributed by atoms with Gasteiger partial charge in [-0.1, -0.05) is 48.5 Å². The van der Waals surface area contributed by atoms with Crippen LogP contribution in [0.25, 0.3) is 0 Å². The van der Waals surface area contributed by atoms with Crippen LogP contribution in [0.4, 0.5) is 11.4 Å². The number of anilines is 2. The van der Waals surface area contributed by atoms with Gasteiger partial charge < -0.3 is 30.2 Å². The van der Waals surface area contributed by atoms with Gasteiger partial charge in [0.05, 0.1) is 24.5 Å². The Morgan fingerprint density at radius 3 is 1.23 bits per heavy atom. The summed E-state index contributed by atoms with van der Waals surface area (Å²) in [5, 5.41) is 6.01. The molecular weight excluding hydrogens is 556 g/mol. The molecule has 4 saturated heterocycles. The highest BCUT2D eigenvalue weighted by Crippen LogP contribution is 2.38. The third kappa shape index (κ3) is 4.47. The van der Waals surface area contributed by atoms with Gasteiger partial charge in [-0.15, -0.1) is 0 Å². The minimum atomic E-state index is -0.697. The van der Waals surface area contributed by atoms with Gasteiger partial charge in [0.15, 0.2) is 0 Å². The number of hydrogen-bond donors (Lipinski definition) is 2. The second kappa shape index (κ2) is 11.0. The molecule has 2 spiro atoms. The largest absolute Gasteiger partial charge is 0.339 e. The zero-order valence-electron chi connectivity index (χ0n) is 24.6. The van der Waals surface area contributed by atoms with Crippen molar-refractivity contribution >= 4 is 35.0 Å². The highest BCUT2D eigenvalue weighted by Gasteiger charge is 2.52. The topological polar surface area (TPSA) is 105 Å². The first kappa shape index (κ1) is 27.9. The summed E-state index contributed by atoms with van der Waals surface area (Å²) in [7, 11) is 0. The number of rotatable bonds is 4. The van der Waals surface area contributed by atoms with E-state index in [4.69, 9.17) is 0 Å². The molecule has 3 aromatic rings. The molecule has 4 amide bonds. The number of nitrogens with zero attached hydrogens (tertiary/aromatic N) is 4. The van der Waals surface area contributed by atoms with Crippen LogP contribution < -0.4 is 20.4 Å². The predicted octanol–water partition coefficient (Wildman–Crippen LogP) is 2.82. The van der Waals surface area contributed by atoms with Crippen LogP contribution in [0.3, 0.4) is 0 Å². The summed E-state index contributed by atoms with van der Waals surface area (Å²) in [6.45, 7) is 2.53. The number of para-hydroxylation sites is 2. The van der Waals surface area contributed by atoms with Crippen LogP contribution in [-0.2, 0) is 9.59 Å². The lowest BCUT2D eigenvalue weighted by Gasteiger charge is -2.44. The molecule has 0 unspecified atom stereocenters. The summed E-state index contributed by atoms with van der Waals surface area (Å²) in [5.74, 6) is -0.415. The molecule has 4 aliphatic rings. The molecule has 3 aromatic carbocycles. The summed E-state index contributed by atoms with van der Waals surface area (Å²) < 4.78 is 0. The molecule has 4 fully saturated rings. The van der Waals surface area contributed by atoms with Gasteiger partial charge in [-0.2, -0.15) is 0 Å². The first-order valence-corrected chi connectivity index (χ1v) is 15.3. The average molecular weight is 593 g/mol. The van der Waals surface area contributed by atoms with Gasteiger partial charge in [0.1, 0.15) is 11.1 Å². The van der Waals surface area contributed by atoms with Crippen molar-refractivity contribution in [2.24, 2.45) is 0 Å². The van der Waals surface area contributed by atoms with E-state index in [1.165, 1.54) is 0 Å². The number of nitrogens with one attached hydrogen (secondary N) is 2. The minimum absolute atomic E-state index is 0.00586. The van der Waals surface area contributed by atoms with Gasteiger partial charge in [0, 0.05) is 37.6 Å². The van der Waals surface area contributed by atoms with Crippen molar-refractivity contribution in [2.75, 3.05) is 49.3 Å². The maximum atomic E-state index is 13.9. The van der Waals surface area contributed by atoms with E-state index in [-0.39, 0.29) is 23.6 Å². The molecule has 2 N–H and O–H groups in total. The van der Waals surface area contributed by atoms with Crippen molar-refractivity contribution in [2.45, 2.75) is 36.8 Å². The molecule has 44 heavy (non-hydrogen) atoms. The Hall–Kier alpha value is -4.86. The number of hydrogen-bond acceptors (Lipinski definition) is 6. The molecular formula is C34H36N6O4. The predicted molar refractivity (Wildman–Crippen MR) is 166 cm³/mol. The van der Waals surface area contributed by atoms with Crippen molar-refractivity contribution in [1.29, 1.82) is 0 Å². The zero-order chi connectivity index (χ0) is 30.3. The van der Waals surface area contributed by atoms with E-state index in [1.807, 2.05) is 60.7 Å². The smallest absolute Gasteiger partial charge is 0.254 e. The molecule has 0 aliphatic carbocycles. The van der Waals surface area contributed by atoms with Crippen LogP contribution in [0.5, 0.6) is 0 Å². The minimum Gasteiger partial charge on any atom is -0.339 e. The Morgan fingerprint density at radius 1 is 0.523 bits per heavy atom. The van der Waals surface area contributed by atoms with E-state index in [0.717, 1.165) is 11.4 Å². The van der Waals surface area contributed by atoms with Crippen LogP contribution >= 0.6 is 0 Å². The first-order chi connectivity index (χ1) is 21.4. The highest BCUT2D eigenvalue weighted by molar-refractivity contribution is 6.07. The lowest BCUT2D eigenvalue weighted by atomic mass is 9.85. The quantitative estimate of drug-likeness (QED) is 0.483. The second-order valence-corrected chi connectivity index (χ2v) is 12.0. The van der Waals surface area contributed by atoms with Crippen molar-refractivity contribution in [1.82, 2.24) is 20.4 Å². The van der Waals surface area contributed by atoms with E-state index in [2.05, 4.69) is 20.4 Å². The van der Waals surface area contributed by atoms with Gasteiger partial charge in [0.25, 0.3) is 11.8 Å². The fraction of sp³-hybridized carbons (Fsp3) is 0.353. The molecule has 10 heteroatoms. The van der Waals surface area contributed by atoms with Crippen LogP contribution in [0.2, 0.25) is 0 Å². The Bertz CT molecular complexity index is 1460. The highest BCUT2D eigenvalue weighted by atomic mass is 16.2. The van der Waals surface area contributed by atoms with Crippen LogP contribution in [-0.4, -0.2) is 84.0 Å². The molecule has 0 atom stereocenters. The van der Waals surface area contributed by atoms with Gasteiger partial charge in [-0.05, 0) is 62.1 Å². The van der Waals surface area contributed by atoms with Crippen LogP contribution in [0, 0.1) is 0 Å². The van der Waals surface area contributed by atoms with Crippen LogP contribution in [0.15, 0.2) is 84.9 Å². The Balaban J connectivity index is 1.05. The Labute approximate surface area is 256 Å². The summed E-state index contributed by atoms with van der Waals surface area (Å²) in [4.78, 5) is 61.7. The van der Waals surface area contributed by atoms with Gasteiger partial charge in [-0.3, -0.25) is 19.2 Å². The standard InChI is InChI=1S/C34H36N6O4/c41-29(37-19-15-33(16-20-37)31(43)35-23-39(33)25-9-3-1-4-10-25)27-13-7-8-14-28(27)30(42)38-21-17-34(18-22-38)32(44)36-24-40(34)26-11-5-2-6-12-26/h1-14H,15-24H2,(H,35,43)(H,36,44). The summed E-state index contributed by atoms with van der Waals surface area (Å²) in [5.41, 5.74) is 1.30. The number of carbonyl (C=O) groups excluding carboxylic acids is 4. The van der Waals surface area contributed by atoms with E-state index < -0.39 is 11.1 Å². The lowest BCUT2D eigenvalue weighted by Crippen LogP contribution is -2.57. The zero-order valence-corrected chi connectivity index (χ0v) is 24.6. The normalized spacial score (nSPS) is 20.6. The molecule has 4 heterocycles. The monoisotopic (exact) mass is 592 g/mol. The van der Waals surface area contributed by atoms with E-state index in [1.54, 1.807) is 34.1 Å². The molecule has 4 aliphatic heterocycles. The molecule has 7 rings (SSSR count). The van der Waals surface area contributed by atoms with Gasteiger partial charge >= 0.3 is 0 Å². The van der Waals surface area contributed by atoms with E-state index in [9.17, 15) is 19.2 Å². The third-order valence-electron chi connectivity index (χ3n) is 9.95. The molecule has 0 bridgehead atoms. The first-order valence-electron chi connectivity index (χ1n) is 15.3. The number of amides is 4. The second-order valence-electron chi connectivity index (χ2n) is 12.0. The maximum absolute atomic E-state index is 13.9. The summed E-state index contributed by atoms with van der Waals surface area (Å²) in [6.07, 6.45) is 2.01. The van der Waals surface area contributed by atoms with E-state index >= 15 is 0 Å². The number of carbonyl (C=O) groups is 4.